The fraction of sp³-hybridized carbons (Fsp3) is 0.174. The molecule has 3 rings (SSSR count). The normalized spacial score (nSPS) is 11.3. The van der Waals surface area contributed by atoms with E-state index in [1.54, 1.807) is 48.5 Å². The Balaban J connectivity index is 1.82. The molecule has 10 nitrogen and oxygen atoms in total. The average Bonchev–Trinajstić information content (AvgIpc) is 2.79. The molecule has 1 aromatic heterocycles. The van der Waals surface area contributed by atoms with Gasteiger partial charge in [0, 0.05) is 13.2 Å². The van der Waals surface area contributed by atoms with Crippen molar-refractivity contribution in [3.05, 3.63) is 76.7 Å². The van der Waals surface area contributed by atoms with E-state index in [0.29, 0.717) is 22.8 Å². The lowest BCUT2D eigenvalue weighted by Crippen LogP contribution is -2.35. The summed E-state index contributed by atoms with van der Waals surface area (Å²) in [5, 5.41) is 24.1. The van der Waals surface area contributed by atoms with Crippen LogP contribution in [0.4, 0.5) is 10.5 Å². The Bertz CT molecular complexity index is 1220. The van der Waals surface area contributed by atoms with Crippen LogP contribution in [0.15, 0.2) is 65.6 Å². The predicted molar refractivity (Wildman–Crippen MR) is 120 cm³/mol. The zero-order valence-corrected chi connectivity index (χ0v) is 17.9. The molecule has 0 saturated carbocycles. The van der Waals surface area contributed by atoms with Crippen LogP contribution in [-0.4, -0.2) is 33.9 Å². The quantitative estimate of drug-likeness (QED) is 0.411. The molecule has 0 fully saturated rings. The van der Waals surface area contributed by atoms with Gasteiger partial charge in [0.15, 0.2) is 17.2 Å². The number of carbonyl (C=O) groups excluding carboxylic acids is 1. The Labute approximate surface area is 189 Å². The monoisotopic (exact) mass is 453 g/mol. The number of carboxylic acids is 1. The molecule has 10 heteroatoms. The molecule has 0 aliphatic rings. The molecule has 4 N–H and O–H groups in total. The summed E-state index contributed by atoms with van der Waals surface area (Å²) in [5.74, 6) is -0.158. The van der Waals surface area contributed by atoms with Crippen molar-refractivity contribution in [3.8, 4) is 23.0 Å². The molecule has 1 unspecified atom stereocenters. The number of rotatable bonds is 8. The molecule has 3 aromatic rings. The van der Waals surface area contributed by atoms with Gasteiger partial charge in [-0.3, -0.25) is 9.59 Å². The minimum absolute atomic E-state index is 0.320. The lowest BCUT2D eigenvalue weighted by atomic mass is 10.0. The maximum atomic E-state index is 12.5. The Morgan fingerprint density at radius 2 is 1.82 bits per heavy atom. The third-order valence-corrected chi connectivity index (χ3v) is 4.73. The highest BCUT2D eigenvalue weighted by Gasteiger charge is 2.21. The van der Waals surface area contributed by atoms with Gasteiger partial charge in [-0.15, -0.1) is 0 Å². The van der Waals surface area contributed by atoms with Gasteiger partial charge in [-0.2, -0.15) is 0 Å². The van der Waals surface area contributed by atoms with E-state index in [2.05, 4.69) is 10.6 Å². The first-order valence-electron chi connectivity index (χ1n) is 9.87. The number of ether oxygens (including phenoxy) is 2. The summed E-state index contributed by atoms with van der Waals surface area (Å²) >= 11 is 0. The van der Waals surface area contributed by atoms with E-state index in [0.717, 1.165) is 0 Å². The molecule has 0 bridgehead atoms. The number of anilines is 1. The van der Waals surface area contributed by atoms with Gasteiger partial charge in [-0.25, -0.2) is 4.79 Å². The molecule has 0 saturated heterocycles. The largest absolute Gasteiger partial charge is 0.505 e. The molecule has 33 heavy (non-hydrogen) atoms. The second-order valence-corrected chi connectivity index (χ2v) is 7.07. The van der Waals surface area contributed by atoms with Gasteiger partial charge >= 0.3 is 12.0 Å². The second kappa shape index (κ2) is 10.2. The van der Waals surface area contributed by atoms with E-state index in [1.807, 2.05) is 0 Å². The highest BCUT2D eigenvalue weighted by atomic mass is 16.5. The number of carbonyl (C=O) groups is 2. The lowest BCUT2D eigenvalue weighted by molar-refractivity contribution is -0.137. The van der Waals surface area contributed by atoms with Crippen LogP contribution in [-0.2, 0) is 11.8 Å². The van der Waals surface area contributed by atoms with Crippen molar-refractivity contribution in [1.82, 2.24) is 9.88 Å². The van der Waals surface area contributed by atoms with Crippen LogP contribution < -0.4 is 25.7 Å². The number of aryl methyl sites for hydroxylation is 1. The van der Waals surface area contributed by atoms with Gasteiger partial charge in [-0.05, 0) is 35.9 Å². The molecule has 2 amide bonds. The summed E-state index contributed by atoms with van der Waals surface area (Å²) in [6.07, 6.45) is 0.922. The smallest absolute Gasteiger partial charge is 0.319 e. The number of aromatic nitrogens is 1. The highest BCUT2D eigenvalue weighted by molar-refractivity contribution is 5.91. The van der Waals surface area contributed by atoms with Gasteiger partial charge in [0.2, 0.25) is 0 Å². The van der Waals surface area contributed by atoms with Crippen molar-refractivity contribution in [2.75, 3.05) is 12.4 Å². The molecular formula is C23H23N3O7. The standard InChI is InChI=1S/C23H23N3O7/c1-26-11-10-17(27)21(22(26)30)25-23(31)24-16(13-20(28)29)14-6-5-7-15(12-14)33-19-9-4-3-8-18(19)32-2/h3-12,16,27H,13H2,1-2H3,(H,28,29)(H2,24,25,31). The highest BCUT2D eigenvalue weighted by Crippen LogP contribution is 2.32. The third-order valence-electron chi connectivity index (χ3n) is 4.73. The summed E-state index contributed by atoms with van der Waals surface area (Å²) in [6.45, 7) is 0. The van der Waals surface area contributed by atoms with Crippen LogP contribution in [0.2, 0.25) is 0 Å². The SMILES string of the molecule is COc1ccccc1Oc1cccc(C(CC(=O)O)NC(=O)Nc2c(O)ccn(C)c2=O)c1. The van der Waals surface area contributed by atoms with Crippen molar-refractivity contribution in [3.63, 3.8) is 0 Å². The van der Waals surface area contributed by atoms with Crippen LogP contribution >= 0.6 is 0 Å². The number of pyridine rings is 1. The van der Waals surface area contributed by atoms with Crippen molar-refractivity contribution in [2.24, 2.45) is 7.05 Å². The number of nitrogens with zero attached hydrogens (tertiary/aromatic N) is 1. The Morgan fingerprint density at radius 1 is 1.09 bits per heavy atom. The maximum absolute atomic E-state index is 12.5. The van der Waals surface area contributed by atoms with E-state index in [1.165, 1.54) is 31.0 Å². The second-order valence-electron chi connectivity index (χ2n) is 7.07. The lowest BCUT2D eigenvalue weighted by Gasteiger charge is -2.19. The molecule has 0 aliphatic carbocycles. The Hall–Kier alpha value is -4.47. The molecule has 1 heterocycles. The van der Waals surface area contributed by atoms with Crippen LogP contribution in [0.3, 0.4) is 0 Å². The number of para-hydroxylation sites is 2. The summed E-state index contributed by atoms with van der Waals surface area (Å²) in [5.41, 5.74) is -0.475. The molecule has 0 aliphatic heterocycles. The maximum Gasteiger partial charge on any atom is 0.319 e. The topological polar surface area (TPSA) is 139 Å². The number of carboxylic acid groups (broad SMARTS) is 1. The molecule has 1 atom stereocenters. The summed E-state index contributed by atoms with van der Waals surface area (Å²) in [6, 6.07) is 13.1. The van der Waals surface area contributed by atoms with Crippen molar-refractivity contribution in [1.29, 1.82) is 0 Å². The van der Waals surface area contributed by atoms with Gasteiger partial charge in [0.1, 0.15) is 11.5 Å². The van der Waals surface area contributed by atoms with Crippen LogP contribution in [0, 0.1) is 0 Å². The Kier molecular flexibility index (Phi) is 7.19. The van der Waals surface area contributed by atoms with Gasteiger partial charge < -0.3 is 34.9 Å². The number of methoxy groups -OCH3 is 1. The van der Waals surface area contributed by atoms with E-state index in [-0.39, 0.29) is 5.69 Å². The molecule has 0 radical (unpaired) electrons. The minimum atomic E-state index is -1.14. The zero-order chi connectivity index (χ0) is 24.0. The zero-order valence-electron chi connectivity index (χ0n) is 17.9. The molecule has 172 valence electrons. The van der Waals surface area contributed by atoms with E-state index in [9.17, 15) is 24.6 Å². The summed E-state index contributed by atoms with van der Waals surface area (Å²) in [7, 11) is 2.98. The fourth-order valence-corrected chi connectivity index (χ4v) is 3.10. The van der Waals surface area contributed by atoms with Gasteiger partial charge in [0.25, 0.3) is 5.56 Å². The minimum Gasteiger partial charge on any atom is -0.505 e. The predicted octanol–water partition coefficient (Wildman–Crippen LogP) is 3.23. The van der Waals surface area contributed by atoms with Crippen LogP contribution in [0.25, 0.3) is 0 Å². The number of aromatic hydroxyl groups is 1. The van der Waals surface area contributed by atoms with Crippen LogP contribution in [0.1, 0.15) is 18.0 Å². The fourth-order valence-electron chi connectivity index (χ4n) is 3.10. The van der Waals surface area contributed by atoms with E-state index in [4.69, 9.17) is 9.47 Å². The van der Waals surface area contributed by atoms with Crippen LogP contribution in [0.5, 0.6) is 23.0 Å². The molecular weight excluding hydrogens is 430 g/mol. The number of urea groups is 1. The number of hydrogen-bond acceptors (Lipinski definition) is 6. The number of amides is 2. The van der Waals surface area contributed by atoms with E-state index < -0.39 is 35.8 Å². The van der Waals surface area contributed by atoms with Crippen molar-refractivity contribution < 1.29 is 29.3 Å². The first kappa shape index (κ1) is 23.2. The van der Waals surface area contributed by atoms with Crippen molar-refractivity contribution in [2.45, 2.75) is 12.5 Å². The first-order valence-corrected chi connectivity index (χ1v) is 9.87. The number of nitrogens with one attached hydrogen (secondary N) is 2. The molecule has 2 aromatic carbocycles. The third kappa shape index (κ3) is 5.82. The first-order chi connectivity index (χ1) is 15.8. The molecule has 0 spiro atoms. The number of hydrogen-bond donors (Lipinski definition) is 4. The number of benzene rings is 2. The Morgan fingerprint density at radius 3 is 2.52 bits per heavy atom. The average molecular weight is 453 g/mol. The van der Waals surface area contributed by atoms with Crippen molar-refractivity contribution >= 4 is 17.7 Å². The summed E-state index contributed by atoms with van der Waals surface area (Å²) in [4.78, 5) is 36.1. The number of aliphatic carboxylic acids is 1. The van der Waals surface area contributed by atoms with Gasteiger partial charge in [0.05, 0.1) is 19.6 Å². The van der Waals surface area contributed by atoms with Gasteiger partial charge in [-0.1, -0.05) is 24.3 Å². The van der Waals surface area contributed by atoms with E-state index >= 15 is 0 Å². The summed E-state index contributed by atoms with van der Waals surface area (Å²) < 4.78 is 12.3.